The summed E-state index contributed by atoms with van der Waals surface area (Å²) in [5.74, 6) is 0. The van der Waals surface area contributed by atoms with E-state index in [1.54, 1.807) is 0 Å². The number of aryl methyl sites for hydroxylation is 1. The molecular formula is C14H12Br2ClN. The summed E-state index contributed by atoms with van der Waals surface area (Å²) in [5, 5.41) is 4.20. The van der Waals surface area contributed by atoms with Crippen LogP contribution in [0.5, 0.6) is 0 Å². The molecule has 0 heterocycles. The minimum atomic E-state index is 0.768. The molecule has 0 fully saturated rings. The summed E-state index contributed by atoms with van der Waals surface area (Å²) in [7, 11) is 0. The molecule has 0 radical (unpaired) electrons. The fourth-order valence-corrected chi connectivity index (χ4v) is 3.21. The second-order valence-electron chi connectivity index (χ2n) is 4.02. The third kappa shape index (κ3) is 3.28. The van der Waals surface area contributed by atoms with Gasteiger partial charge < -0.3 is 5.32 Å². The number of para-hydroxylation sites is 1. The monoisotopic (exact) mass is 387 g/mol. The molecule has 1 nitrogen and oxygen atoms in total. The van der Waals surface area contributed by atoms with Crippen LogP contribution in [-0.2, 0) is 6.54 Å². The first-order chi connectivity index (χ1) is 8.58. The quantitative estimate of drug-likeness (QED) is 0.701. The minimum Gasteiger partial charge on any atom is -0.379 e. The Balaban J connectivity index is 2.16. The lowest BCUT2D eigenvalue weighted by atomic mass is 10.1. The Kier molecular flexibility index (Phi) is 4.71. The van der Waals surface area contributed by atoms with E-state index in [9.17, 15) is 0 Å². The molecule has 0 aromatic heterocycles. The topological polar surface area (TPSA) is 12.0 Å². The highest BCUT2D eigenvalue weighted by molar-refractivity contribution is 9.11. The van der Waals surface area contributed by atoms with Crippen LogP contribution in [0.3, 0.4) is 0 Å². The summed E-state index contributed by atoms with van der Waals surface area (Å²) in [5.41, 5.74) is 3.49. The largest absolute Gasteiger partial charge is 0.379 e. The fraction of sp³-hybridized carbons (Fsp3) is 0.143. The summed E-state index contributed by atoms with van der Waals surface area (Å²) >= 11 is 13.0. The normalized spacial score (nSPS) is 10.4. The number of halogens is 3. The van der Waals surface area contributed by atoms with Crippen molar-refractivity contribution in [2.45, 2.75) is 13.5 Å². The Morgan fingerprint density at radius 2 is 1.78 bits per heavy atom. The van der Waals surface area contributed by atoms with E-state index in [2.05, 4.69) is 50.2 Å². The molecule has 2 aromatic carbocycles. The minimum absolute atomic E-state index is 0.768. The number of benzene rings is 2. The van der Waals surface area contributed by atoms with Gasteiger partial charge in [0.1, 0.15) is 0 Å². The molecule has 0 unspecified atom stereocenters. The van der Waals surface area contributed by atoms with E-state index in [0.717, 1.165) is 26.2 Å². The van der Waals surface area contributed by atoms with Crippen molar-refractivity contribution in [3.63, 3.8) is 0 Å². The van der Waals surface area contributed by atoms with Crippen molar-refractivity contribution >= 4 is 49.1 Å². The number of rotatable bonds is 3. The van der Waals surface area contributed by atoms with Gasteiger partial charge >= 0.3 is 0 Å². The fourth-order valence-electron chi connectivity index (χ4n) is 1.71. The maximum Gasteiger partial charge on any atom is 0.0631 e. The van der Waals surface area contributed by atoms with E-state index in [0.29, 0.717) is 0 Å². The lowest BCUT2D eigenvalue weighted by Gasteiger charge is -2.12. The van der Waals surface area contributed by atoms with E-state index in [4.69, 9.17) is 11.6 Å². The molecule has 94 valence electrons. The smallest absolute Gasteiger partial charge is 0.0631 e. The van der Waals surface area contributed by atoms with Gasteiger partial charge in [-0.1, -0.05) is 23.7 Å². The third-order valence-electron chi connectivity index (χ3n) is 2.72. The van der Waals surface area contributed by atoms with Gasteiger partial charge in [-0.05, 0) is 74.2 Å². The van der Waals surface area contributed by atoms with Gasteiger partial charge in [0.05, 0.1) is 5.69 Å². The Morgan fingerprint density at radius 1 is 1.11 bits per heavy atom. The summed E-state index contributed by atoms with van der Waals surface area (Å²) in [6.45, 7) is 2.84. The van der Waals surface area contributed by atoms with Crippen LogP contribution in [0.1, 0.15) is 11.1 Å². The molecule has 2 aromatic rings. The van der Waals surface area contributed by atoms with Crippen molar-refractivity contribution in [1.82, 2.24) is 0 Å². The maximum absolute atomic E-state index is 5.95. The van der Waals surface area contributed by atoms with Gasteiger partial charge in [0, 0.05) is 20.5 Å². The van der Waals surface area contributed by atoms with Crippen LogP contribution in [0.2, 0.25) is 5.02 Å². The van der Waals surface area contributed by atoms with Gasteiger partial charge in [0.15, 0.2) is 0 Å². The molecule has 4 heteroatoms. The van der Waals surface area contributed by atoms with Crippen LogP contribution in [0.4, 0.5) is 5.69 Å². The van der Waals surface area contributed by atoms with E-state index in [1.807, 2.05) is 30.3 Å². The number of nitrogens with one attached hydrogen (secondary N) is 1. The molecule has 0 saturated heterocycles. The molecule has 0 aliphatic rings. The molecule has 2 rings (SSSR count). The van der Waals surface area contributed by atoms with Crippen LogP contribution >= 0.6 is 43.5 Å². The summed E-state index contributed by atoms with van der Waals surface area (Å²) in [6, 6.07) is 12.0. The number of anilines is 1. The lowest BCUT2D eigenvalue weighted by Crippen LogP contribution is -2.02. The van der Waals surface area contributed by atoms with Gasteiger partial charge in [-0.25, -0.2) is 0 Å². The van der Waals surface area contributed by atoms with Crippen molar-refractivity contribution in [2.24, 2.45) is 0 Å². The Hall–Kier alpha value is -0.510. The average Bonchev–Trinajstić information content (AvgIpc) is 2.31. The van der Waals surface area contributed by atoms with Crippen molar-refractivity contribution in [2.75, 3.05) is 5.32 Å². The third-order valence-corrected chi connectivity index (χ3v) is 4.28. The second-order valence-corrected chi connectivity index (χ2v) is 6.17. The van der Waals surface area contributed by atoms with E-state index in [-0.39, 0.29) is 0 Å². The highest BCUT2D eigenvalue weighted by atomic mass is 79.9. The Bertz CT molecular complexity index is 549. The van der Waals surface area contributed by atoms with Crippen molar-refractivity contribution < 1.29 is 0 Å². The van der Waals surface area contributed by atoms with Crippen molar-refractivity contribution in [3.05, 3.63) is 61.5 Å². The zero-order chi connectivity index (χ0) is 13.1. The predicted octanol–water partition coefficient (Wildman–Crippen LogP) is 5.79. The first-order valence-corrected chi connectivity index (χ1v) is 7.47. The molecule has 0 aliphatic heterocycles. The predicted molar refractivity (Wildman–Crippen MR) is 85.4 cm³/mol. The first-order valence-electron chi connectivity index (χ1n) is 5.51. The molecule has 0 bridgehead atoms. The second kappa shape index (κ2) is 6.09. The highest BCUT2D eigenvalue weighted by Crippen LogP contribution is 2.31. The van der Waals surface area contributed by atoms with E-state index in [1.165, 1.54) is 11.1 Å². The summed E-state index contributed by atoms with van der Waals surface area (Å²) in [6.07, 6.45) is 0. The molecule has 0 atom stereocenters. The SMILES string of the molecule is Cc1cc(Cl)ccc1CNc1c(Br)cccc1Br. The van der Waals surface area contributed by atoms with Crippen molar-refractivity contribution in [3.8, 4) is 0 Å². The number of hydrogen-bond donors (Lipinski definition) is 1. The first kappa shape index (κ1) is 13.9. The lowest BCUT2D eigenvalue weighted by molar-refractivity contribution is 1.11. The Morgan fingerprint density at radius 3 is 2.39 bits per heavy atom. The average molecular weight is 390 g/mol. The zero-order valence-corrected chi connectivity index (χ0v) is 13.7. The van der Waals surface area contributed by atoms with Crippen molar-refractivity contribution in [1.29, 1.82) is 0 Å². The maximum atomic E-state index is 5.95. The molecule has 0 saturated carbocycles. The van der Waals surface area contributed by atoms with Gasteiger partial charge in [0.2, 0.25) is 0 Å². The van der Waals surface area contributed by atoms with E-state index >= 15 is 0 Å². The summed E-state index contributed by atoms with van der Waals surface area (Å²) < 4.78 is 2.09. The van der Waals surface area contributed by atoms with E-state index < -0.39 is 0 Å². The van der Waals surface area contributed by atoms with Gasteiger partial charge in [-0.3, -0.25) is 0 Å². The van der Waals surface area contributed by atoms with Crippen LogP contribution in [0.25, 0.3) is 0 Å². The standard InChI is InChI=1S/C14H12Br2ClN/c1-9-7-11(17)6-5-10(9)8-18-14-12(15)3-2-4-13(14)16/h2-7,18H,8H2,1H3. The number of hydrogen-bond acceptors (Lipinski definition) is 1. The molecule has 0 aliphatic carbocycles. The molecule has 0 amide bonds. The van der Waals surface area contributed by atoms with Crippen LogP contribution in [0, 0.1) is 6.92 Å². The van der Waals surface area contributed by atoms with Gasteiger partial charge in [0.25, 0.3) is 0 Å². The molecule has 0 spiro atoms. The van der Waals surface area contributed by atoms with Gasteiger partial charge in [-0.2, -0.15) is 0 Å². The molecule has 18 heavy (non-hydrogen) atoms. The zero-order valence-electron chi connectivity index (χ0n) is 9.81. The summed E-state index contributed by atoms with van der Waals surface area (Å²) in [4.78, 5) is 0. The molecular weight excluding hydrogens is 377 g/mol. The van der Waals surface area contributed by atoms with Gasteiger partial charge in [-0.15, -0.1) is 0 Å². The Labute approximate surface area is 129 Å². The van der Waals surface area contributed by atoms with Crippen LogP contribution < -0.4 is 5.32 Å². The van der Waals surface area contributed by atoms with Crippen LogP contribution in [0.15, 0.2) is 45.3 Å². The highest BCUT2D eigenvalue weighted by Gasteiger charge is 2.05. The molecule has 1 N–H and O–H groups in total. The van der Waals surface area contributed by atoms with Crippen LogP contribution in [-0.4, -0.2) is 0 Å².